The third kappa shape index (κ3) is 3.00. The molecule has 0 aliphatic carbocycles. The highest BCUT2D eigenvalue weighted by Crippen LogP contribution is 2.34. The molecule has 0 bridgehead atoms. The van der Waals surface area contributed by atoms with E-state index in [4.69, 9.17) is 4.52 Å². The van der Waals surface area contributed by atoms with Gasteiger partial charge in [0.05, 0.1) is 0 Å². The van der Waals surface area contributed by atoms with E-state index in [1.165, 1.54) is 6.07 Å². The van der Waals surface area contributed by atoms with Crippen LogP contribution in [0.15, 0.2) is 53.3 Å². The Morgan fingerprint density at radius 3 is 2.80 bits per heavy atom. The Labute approximate surface area is 143 Å². The summed E-state index contributed by atoms with van der Waals surface area (Å²) in [5.74, 6) is 0.442. The zero-order valence-corrected chi connectivity index (χ0v) is 13.3. The van der Waals surface area contributed by atoms with E-state index in [9.17, 15) is 9.18 Å². The quantitative estimate of drug-likeness (QED) is 0.731. The molecule has 2 aromatic heterocycles. The third-order valence-corrected chi connectivity index (χ3v) is 4.29. The Bertz CT molecular complexity index is 897. The molecule has 1 aliphatic rings. The number of pyridine rings is 1. The lowest BCUT2D eigenvalue weighted by Crippen LogP contribution is -2.27. The van der Waals surface area contributed by atoms with Gasteiger partial charge in [-0.25, -0.2) is 4.39 Å². The Morgan fingerprint density at radius 1 is 1.20 bits per heavy atom. The summed E-state index contributed by atoms with van der Waals surface area (Å²) in [6.45, 7) is 0.184. The van der Waals surface area contributed by atoms with Crippen molar-refractivity contribution >= 4 is 5.91 Å². The third-order valence-electron chi connectivity index (χ3n) is 4.29. The molecule has 1 saturated heterocycles. The monoisotopic (exact) mass is 338 g/mol. The molecule has 1 atom stereocenters. The van der Waals surface area contributed by atoms with Crippen LogP contribution in [0.25, 0.3) is 11.4 Å². The molecule has 0 spiro atoms. The Hall–Kier alpha value is -3.09. The van der Waals surface area contributed by atoms with E-state index in [1.54, 1.807) is 47.6 Å². The molecular weight excluding hydrogens is 323 g/mol. The molecule has 126 valence electrons. The number of carbonyl (C=O) groups excluding carboxylic acids is 1. The van der Waals surface area contributed by atoms with Crippen LogP contribution in [0.5, 0.6) is 0 Å². The summed E-state index contributed by atoms with van der Waals surface area (Å²) in [7, 11) is 0. The van der Waals surface area contributed by atoms with Gasteiger partial charge in [0, 0.05) is 36.5 Å². The predicted molar refractivity (Wildman–Crippen MR) is 86.5 cm³/mol. The van der Waals surface area contributed by atoms with Gasteiger partial charge in [-0.05, 0) is 24.6 Å². The number of aromatic nitrogens is 3. The molecule has 1 unspecified atom stereocenters. The standard InChI is InChI=1S/C18H15FN4O2/c19-14-4-2-1-3-13(14)11-23-15(5-6-16(23)24)18-21-17(22-25-18)12-7-9-20-10-8-12/h1-4,7-10,15H,5-6,11H2. The van der Waals surface area contributed by atoms with Gasteiger partial charge in [-0.1, -0.05) is 23.4 Å². The maximum atomic E-state index is 13.9. The van der Waals surface area contributed by atoms with Gasteiger partial charge in [0.1, 0.15) is 11.9 Å². The molecule has 1 fully saturated rings. The highest BCUT2D eigenvalue weighted by Gasteiger charge is 2.36. The number of halogens is 1. The number of benzene rings is 1. The van der Waals surface area contributed by atoms with Crippen molar-refractivity contribution < 1.29 is 13.7 Å². The smallest absolute Gasteiger partial charge is 0.249 e. The van der Waals surface area contributed by atoms with Crippen molar-refractivity contribution in [3.8, 4) is 11.4 Å². The summed E-state index contributed by atoms with van der Waals surface area (Å²) in [6.07, 6.45) is 4.25. The van der Waals surface area contributed by atoms with E-state index in [2.05, 4.69) is 15.1 Å². The second-order valence-corrected chi connectivity index (χ2v) is 5.86. The van der Waals surface area contributed by atoms with Crippen molar-refractivity contribution in [2.45, 2.75) is 25.4 Å². The Morgan fingerprint density at radius 2 is 2.00 bits per heavy atom. The van der Waals surface area contributed by atoms with Crippen molar-refractivity contribution in [2.75, 3.05) is 0 Å². The lowest BCUT2D eigenvalue weighted by Gasteiger charge is -2.22. The van der Waals surface area contributed by atoms with E-state index in [1.807, 2.05) is 0 Å². The van der Waals surface area contributed by atoms with Crippen LogP contribution < -0.4 is 0 Å². The van der Waals surface area contributed by atoms with Crippen LogP contribution in [-0.4, -0.2) is 25.9 Å². The van der Waals surface area contributed by atoms with Gasteiger partial charge in [-0.3, -0.25) is 9.78 Å². The van der Waals surface area contributed by atoms with E-state index in [-0.39, 0.29) is 24.3 Å². The number of carbonyl (C=O) groups is 1. The van der Waals surface area contributed by atoms with E-state index < -0.39 is 0 Å². The predicted octanol–water partition coefficient (Wildman–Crippen LogP) is 3.13. The van der Waals surface area contributed by atoms with Crippen LogP contribution in [-0.2, 0) is 11.3 Å². The molecule has 25 heavy (non-hydrogen) atoms. The Balaban J connectivity index is 1.60. The second-order valence-electron chi connectivity index (χ2n) is 5.86. The minimum Gasteiger partial charge on any atom is -0.337 e. The minimum atomic E-state index is -0.338. The first-order valence-corrected chi connectivity index (χ1v) is 7.99. The highest BCUT2D eigenvalue weighted by atomic mass is 19.1. The van der Waals surface area contributed by atoms with Crippen molar-refractivity contribution in [1.82, 2.24) is 20.0 Å². The molecule has 3 heterocycles. The minimum absolute atomic E-state index is 0.0445. The second kappa shape index (κ2) is 6.43. The molecular formula is C18H15FN4O2. The summed E-state index contributed by atoms with van der Waals surface area (Å²) in [5.41, 5.74) is 1.26. The van der Waals surface area contributed by atoms with Gasteiger partial charge in [-0.15, -0.1) is 0 Å². The van der Waals surface area contributed by atoms with Gasteiger partial charge in [0.15, 0.2) is 0 Å². The largest absolute Gasteiger partial charge is 0.337 e. The first-order chi connectivity index (χ1) is 12.2. The summed E-state index contributed by atoms with van der Waals surface area (Å²) in [5, 5.41) is 3.99. The summed E-state index contributed by atoms with van der Waals surface area (Å²) >= 11 is 0. The molecule has 4 rings (SSSR count). The average Bonchev–Trinajstić information content (AvgIpc) is 3.25. The van der Waals surface area contributed by atoms with E-state index in [0.717, 1.165) is 5.56 Å². The van der Waals surface area contributed by atoms with Crippen LogP contribution >= 0.6 is 0 Å². The fraction of sp³-hybridized carbons (Fsp3) is 0.222. The van der Waals surface area contributed by atoms with E-state index in [0.29, 0.717) is 30.1 Å². The maximum absolute atomic E-state index is 13.9. The fourth-order valence-electron chi connectivity index (χ4n) is 2.99. The number of likely N-dealkylation sites (tertiary alicyclic amines) is 1. The Kier molecular flexibility index (Phi) is 3.97. The maximum Gasteiger partial charge on any atom is 0.249 e. The lowest BCUT2D eigenvalue weighted by atomic mass is 10.1. The first-order valence-electron chi connectivity index (χ1n) is 7.99. The van der Waals surface area contributed by atoms with Gasteiger partial charge in [0.2, 0.25) is 17.6 Å². The highest BCUT2D eigenvalue weighted by molar-refractivity contribution is 5.78. The van der Waals surface area contributed by atoms with Crippen LogP contribution in [0.4, 0.5) is 4.39 Å². The SMILES string of the molecule is O=C1CCC(c2nc(-c3ccncc3)no2)N1Cc1ccccc1F. The zero-order valence-electron chi connectivity index (χ0n) is 13.3. The van der Waals surface area contributed by atoms with Crippen LogP contribution in [0, 0.1) is 5.82 Å². The van der Waals surface area contributed by atoms with Crippen molar-refractivity contribution in [1.29, 1.82) is 0 Å². The number of rotatable bonds is 4. The number of hydrogen-bond donors (Lipinski definition) is 0. The molecule has 7 heteroatoms. The molecule has 0 N–H and O–H groups in total. The molecule has 0 radical (unpaired) electrons. The van der Waals surface area contributed by atoms with Crippen LogP contribution in [0.1, 0.15) is 30.3 Å². The van der Waals surface area contributed by atoms with Crippen molar-refractivity contribution in [3.05, 3.63) is 66.1 Å². The van der Waals surface area contributed by atoms with Gasteiger partial charge in [-0.2, -0.15) is 4.98 Å². The average molecular weight is 338 g/mol. The normalized spacial score (nSPS) is 17.2. The molecule has 6 nitrogen and oxygen atoms in total. The number of amides is 1. The van der Waals surface area contributed by atoms with Gasteiger partial charge < -0.3 is 9.42 Å². The lowest BCUT2D eigenvalue weighted by molar-refractivity contribution is -0.130. The fourth-order valence-corrected chi connectivity index (χ4v) is 2.99. The van der Waals surface area contributed by atoms with Crippen molar-refractivity contribution in [2.24, 2.45) is 0 Å². The van der Waals surface area contributed by atoms with Gasteiger partial charge >= 0.3 is 0 Å². The topological polar surface area (TPSA) is 72.1 Å². The van der Waals surface area contributed by atoms with Crippen LogP contribution in [0.3, 0.4) is 0 Å². The molecule has 1 amide bonds. The summed E-state index contributed by atoms with van der Waals surface area (Å²) in [6, 6.07) is 9.67. The van der Waals surface area contributed by atoms with E-state index >= 15 is 0 Å². The summed E-state index contributed by atoms with van der Waals surface area (Å²) in [4.78, 5) is 22.2. The van der Waals surface area contributed by atoms with Crippen LogP contribution in [0.2, 0.25) is 0 Å². The molecule has 3 aromatic rings. The summed E-state index contributed by atoms with van der Waals surface area (Å²) < 4.78 is 19.3. The molecule has 1 aromatic carbocycles. The van der Waals surface area contributed by atoms with Gasteiger partial charge in [0.25, 0.3) is 0 Å². The number of nitrogens with zero attached hydrogens (tertiary/aromatic N) is 4. The zero-order chi connectivity index (χ0) is 17.2. The number of hydrogen-bond acceptors (Lipinski definition) is 5. The molecule has 0 saturated carbocycles. The molecule has 1 aliphatic heterocycles. The first kappa shape index (κ1) is 15.4. The van der Waals surface area contributed by atoms with Crippen molar-refractivity contribution in [3.63, 3.8) is 0 Å².